The van der Waals surface area contributed by atoms with Gasteiger partial charge in [-0.15, -0.1) is 11.8 Å². The monoisotopic (exact) mass is 237 g/mol. The molecular formula is C12H15NO2S. The zero-order valence-corrected chi connectivity index (χ0v) is 10.2. The van der Waals surface area contributed by atoms with Crippen molar-refractivity contribution in [2.24, 2.45) is 0 Å². The standard InChI is InChI=1S/C12H15NO2S/c1-9(10(2)14)13-12(15)8-16-11-6-4-3-5-7-11/h3-7,9H,8H2,1-2H3,(H,13,15). The fourth-order valence-corrected chi connectivity index (χ4v) is 1.78. The highest BCUT2D eigenvalue weighted by Gasteiger charge is 2.10. The summed E-state index contributed by atoms with van der Waals surface area (Å²) < 4.78 is 0. The molecule has 1 N–H and O–H groups in total. The van der Waals surface area contributed by atoms with Crippen molar-refractivity contribution in [3.8, 4) is 0 Å². The Morgan fingerprint density at radius 2 is 1.94 bits per heavy atom. The fraction of sp³-hybridized carbons (Fsp3) is 0.333. The summed E-state index contributed by atoms with van der Waals surface area (Å²) in [6.07, 6.45) is 0. The summed E-state index contributed by atoms with van der Waals surface area (Å²) in [5.74, 6) is 0.191. The SMILES string of the molecule is CC(=O)C(C)NC(=O)CSc1ccccc1. The topological polar surface area (TPSA) is 46.2 Å². The van der Waals surface area contributed by atoms with Crippen LogP contribution in [0.3, 0.4) is 0 Å². The molecule has 0 bridgehead atoms. The van der Waals surface area contributed by atoms with Gasteiger partial charge in [-0.05, 0) is 26.0 Å². The average Bonchev–Trinajstić information content (AvgIpc) is 2.27. The van der Waals surface area contributed by atoms with E-state index in [-0.39, 0.29) is 11.7 Å². The van der Waals surface area contributed by atoms with E-state index < -0.39 is 6.04 Å². The maximum Gasteiger partial charge on any atom is 0.230 e. The van der Waals surface area contributed by atoms with Crippen LogP contribution < -0.4 is 5.32 Å². The third kappa shape index (κ3) is 4.49. The lowest BCUT2D eigenvalue weighted by Crippen LogP contribution is -2.38. The van der Waals surface area contributed by atoms with Crippen molar-refractivity contribution in [2.45, 2.75) is 24.8 Å². The van der Waals surface area contributed by atoms with Crippen LogP contribution >= 0.6 is 11.8 Å². The number of amides is 1. The van der Waals surface area contributed by atoms with E-state index in [0.717, 1.165) is 4.90 Å². The van der Waals surface area contributed by atoms with E-state index in [2.05, 4.69) is 5.32 Å². The highest BCUT2D eigenvalue weighted by molar-refractivity contribution is 8.00. The maximum atomic E-state index is 11.4. The molecule has 1 aromatic rings. The lowest BCUT2D eigenvalue weighted by molar-refractivity contribution is -0.124. The molecule has 0 heterocycles. The second kappa shape index (κ2) is 6.33. The molecule has 1 unspecified atom stereocenters. The van der Waals surface area contributed by atoms with E-state index >= 15 is 0 Å². The van der Waals surface area contributed by atoms with Crippen LogP contribution in [0.2, 0.25) is 0 Å². The number of carbonyl (C=O) groups excluding carboxylic acids is 2. The maximum absolute atomic E-state index is 11.4. The van der Waals surface area contributed by atoms with Crippen molar-refractivity contribution < 1.29 is 9.59 Å². The van der Waals surface area contributed by atoms with Crippen molar-refractivity contribution in [1.82, 2.24) is 5.32 Å². The van der Waals surface area contributed by atoms with Gasteiger partial charge in [0.25, 0.3) is 0 Å². The molecule has 0 saturated carbocycles. The third-order valence-electron chi connectivity index (χ3n) is 2.10. The largest absolute Gasteiger partial charge is 0.346 e. The van der Waals surface area contributed by atoms with E-state index in [9.17, 15) is 9.59 Å². The minimum Gasteiger partial charge on any atom is -0.346 e. The summed E-state index contributed by atoms with van der Waals surface area (Å²) in [4.78, 5) is 23.4. The lowest BCUT2D eigenvalue weighted by atomic mass is 10.2. The zero-order valence-electron chi connectivity index (χ0n) is 9.40. The summed E-state index contributed by atoms with van der Waals surface area (Å²) in [7, 11) is 0. The second-order valence-corrected chi connectivity index (χ2v) is 4.55. The molecule has 1 amide bonds. The minimum atomic E-state index is -0.399. The van der Waals surface area contributed by atoms with E-state index in [1.165, 1.54) is 18.7 Å². The van der Waals surface area contributed by atoms with Crippen molar-refractivity contribution in [3.05, 3.63) is 30.3 Å². The fourth-order valence-electron chi connectivity index (χ4n) is 1.05. The number of ketones is 1. The summed E-state index contributed by atoms with van der Waals surface area (Å²) in [6, 6.07) is 9.29. The molecule has 0 aliphatic carbocycles. The summed E-state index contributed by atoms with van der Waals surface area (Å²) >= 11 is 1.46. The Kier molecular flexibility index (Phi) is 5.05. The number of nitrogens with one attached hydrogen (secondary N) is 1. The summed E-state index contributed by atoms with van der Waals surface area (Å²) in [5, 5.41) is 2.64. The number of thioether (sulfide) groups is 1. The summed E-state index contributed by atoms with van der Waals surface area (Å²) in [6.45, 7) is 3.16. The van der Waals surface area contributed by atoms with Gasteiger partial charge < -0.3 is 5.32 Å². The van der Waals surface area contributed by atoms with Crippen molar-refractivity contribution in [1.29, 1.82) is 0 Å². The Bertz CT molecular complexity index is 365. The van der Waals surface area contributed by atoms with Gasteiger partial charge in [-0.1, -0.05) is 18.2 Å². The molecule has 0 radical (unpaired) electrons. The molecule has 1 aromatic carbocycles. The van der Waals surface area contributed by atoms with Gasteiger partial charge in [0.05, 0.1) is 11.8 Å². The van der Waals surface area contributed by atoms with Gasteiger partial charge in [0, 0.05) is 4.90 Å². The first kappa shape index (κ1) is 12.8. The Labute approximate surface area is 99.6 Å². The molecule has 0 saturated heterocycles. The Morgan fingerprint density at radius 1 is 1.31 bits per heavy atom. The highest BCUT2D eigenvalue weighted by Crippen LogP contribution is 2.16. The van der Waals surface area contributed by atoms with Crippen molar-refractivity contribution in [2.75, 3.05) is 5.75 Å². The molecule has 3 nitrogen and oxygen atoms in total. The number of Topliss-reactive ketones (excluding diaryl/α,β-unsaturated/α-hetero) is 1. The molecule has 16 heavy (non-hydrogen) atoms. The first-order valence-electron chi connectivity index (χ1n) is 5.07. The molecule has 4 heteroatoms. The molecule has 1 atom stereocenters. The smallest absolute Gasteiger partial charge is 0.230 e. The Balaban J connectivity index is 2.33. The molecule has 1 rings (SSSR count). The normalized spacial score (nSPS) is 11.9. The van der Waals surface area contributed by atoms with Crippen LogP contribution in [0.1, 0.15) is 13.8 Å². The van der Waals surface area contributed by atoms with E-state index in [1.54, 1.807) is 6.92 Å². The van der Waals surface area contributed by atoms with Crippen molar-refractivity contribution in [3.63, 3.8) is 0 Å². The van der Waals surface area contributed by atoms with Crippen LogP contribution in [-0.2, 0) is 9.59 Å². The first-order valence-corrected chi connectivity index (χ1v) is 6.06. The molecule has 86 valence electrons. The van der Waals surface area contributed by atoms with Gasteiger partial charge in [-0.3, -0.25) is 9.59 Å². The second-order valence-electron chi connectivity index (χ2n) is 3.50. The van der Waals surface area contributed by atoms with Crippen LogP contribution in [0, 0.1) is 0 Å². The van der Waals surface area contributed by atoms with E-state index in [0.29, 0.717) is 5.75 Å². The molecule has 0 fully saturated rings. The van der Waals surface area contributed by atoms with Gasteiger partial charge in [0.15, 0.2) is 5.78 Å². The van der Waals surface area contributed by atoms with Crippen LogP contribution in [0.4, 0.5) is 0 Å². The number of benzene rings is 1. The lowest BCUT2D eigenvalue weighted by Gasteiger charge is -2.09. The van der Waals surface area contributed by atoms with Crippen molar-refractivity contribution >= 4 is 23.5 Å². The van der Waals surface area contributed by atoms with E-state index in [1.807, 2.05) is 30.3 Å². The van der Waals surface area contributed by atoms with Gasteiger partial charge in [-0.2, -0.15) is 0 Å². The van der Waals surface area contributed by atoms with Crippen LogP contribution in [0.5, 0.6) is 0 Å². The minimum absolute atomic E-state index is 0.0296. The highest BCUT2D eigenvalue weighted by atomic mass is 32.2. The number of hydrogen-bond donors (Lipinski definition) is 1. The van der Waals surface area contributed by atoms with Crippen LogP contribution in [0.25, 0.3) is 0 Å². The zero-order chi connectivity index (χ0) is 12.0. The molecule has 0 aliphatic heterocycles. The molecular weight excluding hydrogens is 222 g/mol. The number of carbonyl (C=O) groups is 2. The quantitative estimate of drug-likeness (QED) is 0.795. The predicted molar refractivity (Wildman–Crippen MR) is 65.5 cm³/mol. The first-order chi connectivity index (χ1) is 7.59. The average molecular weight is 237 g/mol. The molecule has 0 spiro atoms. The van der Waals surface area contributed by atoms with Gasteiger partial charge >= 0.3 is 0 Å². The van der Waals surface area contributed by atoms with Gasteiger partial charge in [0.1, 0.15) is 0 Å². The van der Waals surface area contributed by atoms with E-state index in [4.69, 9.17) is 0 Å². The van der Waals surface area contributed by atoms with Crippen LogP contribution in [-0.4, -0.2) is 23.5 Å². The number of hydrogen-bond acceptors (Lipinski definition) is 3. The molecule has 0 aromatic heterocycles. The third-order valence-corrected chi connectivity index (χ3v) is 3.11. The predicted octanol–water partition coefficient (Wildman–Crippen LogP) is 1.87. The Morgan fingerprint density at radius 3 is 2.50 bits per heavy atom. The molecule has 0 aliphatic rings. The van der Waals surface area contributed by atoms with Gasteiger partial charge in [0.2, 0.25) is 5.91 Å². The Hall–Kier alpha value is -1.29. The van der Waals surface area contributed by atoms with Gasteiger partial charge in [-0.25, -0.2) is 0 Å². The summed E-state index contributed by atoms with van der Waals surface area (Å²) in [5.41, 5.74) is 0. The van der Waals surface area contributed by atoms with Crippen LogP contribution in [0.15, 0.2) is 35.2 Å². The number of rotatable bonds is 5.